The van der Waals surface area contributed by atoms with Gasteiger partial charge in [-0.15, -0.1) is 0 Å². The molecule has 108 valence electrons. The highest BCUT2D eigenvalue weighted by Crippen LogP contribution is 2.28. The number of aromatic nitrogens is 2. The Morgan fingerprint density at radius 2 is 2.20 bits per heavy atom. The zero-order valence-corrected chi connectivity index (χ0v) is 13.2. The van der Waals surface area contributed by atoms with Crippen LogP contribution in [-0.4, -0.2) is 18.0 Å². The minimum Gasteiger partial charge on any atom is -0.484 e. The van der Waals surface area contributed by atoms with E-state index >= 15 is 0 Å². The predicted octanol–water partition coefficient (Wildman–Crippen LogP) is 1.89. The first-order valence-electron chi connectivity index (χ1n) is 5.87. The molecular weight excluding hydrogens is 346 g/mol. The summed E-state index contributed by atoms with van der Waals surface area (Å²) < 4.78 is 30.6. The van der Waals surface area contributed by atoms with Gasteiger partial charge in [0, 0.05) is 18.9 Å². The maximum absolute atomic E-state index is 11.2. The van der Waals surface area contributed by atoms with Crippen molar-refractivity contribution < 1.29 is 13.2 Å². The monoisotopic (exact) mass is 359 g/mol. The van der Waals surface area contributed by atoms with E-state index in [4.69, 9.17) is 9.88 Å². The van der Waals surface area contributed by atoms with Crippen LogP contribution in [-0.2, 0) is 23.2 Å². The van der Waals surface area contributed by atoms with E-state index in [9.17, 15) is 8.42 Å². The second-order valence-electron chi connectivity index (χ2n) is 4.06. The molecule has 0 aliphatic carbocycles. The SMILES string of the molecule is CCn1ccnc1COc1ccc(S(N)(=O)=O)cc1Br. The summed E-state index contributed by atoms with van der Waals surface area (Å²) in [6, 6.07) is 4.38. The van der Waals surface area contributed by atoms with Gasteiger partial charge in [0.2, 0.25) is 10.0 Å². The lowest BCUT2D eigenvalue weighted by molar-refractivity contribution is 0.288. The standard InChI is InChI=1S/C12H14BrN3O3S/c1-2-16-6-5-15-12(16)8-19-11-4-3-9(7-10(11)13)20(14,17)18/h3-7H,2,8H2,1H3,(H2,14,17,18). The number of hydrogen-bond acceptors (Lipinski definition) is 4. The number of ether oxygens (including phenoxy) is 1. The molecule has 0 saturated carbocycles. The third-order valence-electron chi connectivity index (χ3n) is 2.73. The van der Waals surface area contributed by atoms with Crippen molar-refractivity contribution in [3.8, 4) is 5.75 Å². The largest absolute Gasteiger partial charge is 0.484 e. The quantitative estimate of drug-likeness (QED) is 0.882. The van der Waals surface area contributed by atoms with Crippen molar-refractivity contribution in [2.24, 2.45) is 5.14 Å². The second kappa shape index (κ2) is 5.94. The highest BCUT2D eigenvalue weighted by atomic mass is 79.9. The van der Waals surface area contributed by atoms with Crippen LogP contribution in [0.25, 0.3) is 0 Å². The molecule has 0 fully saturated rings. The van der Waals surface area contributed by atoms with Crippen LogP contribution in [0.1, 0.15) is 12.7 Å². The number of primary sulfonamides is 1. The molecule has 0 spiro atoms. The van der Waals surface area contributed by atoms with Gasteiger partial charge in [-0.1, -0.05) is 0 Å². The first-order chi connectivity index (χ1) is 9.41. The average Bonchev–Trinajstić information content (AvgIpc) is 2.83. The predicted molar refractivity (Wildman–Crippen MR) is 77.7 cm³/mol. The Morgan fingerprint density at radius 1 is 1.45 bits per heavy atom. The molecule has 2 rings (SSSR count). The molecule has 8 heteroatoms. The Bertz CT molecular complexity index is 712. The summed E-state index contributed by atoms with van der Waals surface area (Å²) in [5.74, 6) is 1.33. The van der Waals surface area contributed by atoms with Crippen molar-refractivity contribution in [3.63, 3.8) is 0 Å². The fraction of sp³-hybridized carbons (Fsp3) is 0.250. The third-order valence-corrected chi connectivity index (χ3v) is 4.26. The summed E-state index contributed by atoms with van der Waals surface area (Å²) in [6.45, 7) is 3.13. The van der Waals surface area contributed by atoms with Crippen molar-refractivity contribution in [2.75, 3.05) is 0 Å². The van der Waals surface area contributed by atoms with Gasteiger partial charge in [0.15, 0.2) is 0 Å². The molecule has 0 unspecified atom stereocenters. The zero-order valence-electron chi connectivity index (χ0n) is 10.8. The molecule has 20 heavy (non-hydrogen) atoms. The first-order valence-corrected chi connectivity index (χ1v) is 8.21. The fourth-order valence-electron chi connectivity index (χ4n) is 1.69. The zero-order chi connectivity index (χ0) is 14.8. The number of aryl methyl sites for hydroxylation is 1. The van der Waals surface area contributed by atoms with Gasteiger partial charge < -0.3 is 9.30 Å². The van der Waals surface area contributed by atoms with E-state index in [-0.39, 0.29) is 4.90 Å². The van der Waals surface area contributed by atoms with Crippen molar-refractivity contribution in [1.29, 1.82) is 0 Å². The maximum atomic E-state index is 11.2. The lowest BCUT2D eigenvalue weighted by Crippen LogP contribution is -2.12. The molecule has 0 aliphatic rings. The normalized spacial score (nSPS) is 11.6. The number of nitrogens with zero attached hydrogens (tertiary/aromatic N) is 2. The Morgan fingerprint density at radius 3 is 2.80 bits per heavy atom. The van der Waals surface area contributed by atoms with E-state index < -0.39 is 10.0 Å². The van der Waals surface area contributed by atoms with Crippen molar-refractivity contribution in [3.05, 3.63) is 40.9 Å². The first kappa shape index (κ1) is 15.0. The van der Waals surface area contributed by atoms with Crippen LogP contribution in [0.3, 0.4) is 0 Å². The van der Waals surface area contributed by atoms with Crippen LogP contribution >= 0.6 is 15.9 Å². The number of nitrogens with two attached hydrogens (primary N) is 1. The van der Waals surface area contributed by atoms with Gasteiger partial charge in [-0.3, -0.25) is 0 Å². The molecule has 1 aromatic heterocycles. The van der Waals surface area contributed by atoms with Crippen LogP contribution in [0.5, 0.6) is 5.75 Å². The summed E-state index contributed by atoms with van der Waals surface area (Å²) in [6.07, 6.45) is 3.58. The molecule has 0 radical (unpaired) electrons. The van der Waals surface area contributed by atoms with Crippen LogP contribution in [0.2, 0.25) is 0 Å². The Kier molecular flexibility index (Phi) is 4.46. The summed E-state index contributed by atoms with van der Waals surface area (Å²) in [5.41, 5.74) is 0. The average molecular weight is 360 g/mol. The van der Waals surface area contributed by atoms with Gasteiger partial charge in [-0.05, 0) is 41.1 Å². The van der Waals surface area contributed by atoms with Gasteiger partial charge in [-0.25, -0.2) is 18.5 Å². The minimum atomic E-state index is -3.71. The molecule has 0 amide bonds. The van der Waals surface area contributed by atoms with Crippen molar-refractivity contribution >= 4 is 26.0 Å². The minimum absolute atomic E-state index is 0.0341. The van der Waals surface area contributed by atoms with E-state index in [1.165, 1.54) is 12.1 Å². The molecule has 6 nitrogen and oxygen atoms in total. The number of benzene rings is 1. The molecule has 0 aliphatic heterocycles. The third kappa shape index (κ3) is 3.38. The molecule has 2 N–H and O–H groups in total. The van der Waals surface area contributed by atoms with E-state index in [2.05, 4.69) is 20.9 Å². The van der Waals surface area contributed by atoms with Crippen molar-refractivity contribution in [2.45, 2.75) is 25.0 Å². The van der Waals surface area contributed by atoms with Crippen LogP contribution in [0.15, 0.2) is 40.0 Å². The summed E-state index contributed by atoms with van der Waals surface area (Å²) >= 11 is 3.27. The maximum Gasteiger partial charge on any atom is 0.238 e. The van der Waals surface area contributed by atoms with E-state index in [1.807, 2.05) is 17.7 Å². The second-order valence-corrected chi connectivity index (χ2v) is 6.47. The van der Waals surface area contributed by atoms with Crippen molar-refractivity contribution in [1.82, 2.24) is 9.55 Å². The van der Waals surface area contributed by atoms with E-state index in [0.717, 1.165) is 12.4 Å². The lowest BCUT2D eigenvalue weighted by atomic mass is 10.3. The molecule has 0 bridgehead atoms. The molecule has 2 aromatic rings. The molecule has 1 aromatic carbocycles. The molecule has 0 atom stereocenters. The van der Waals surface area contributed by atoms with Gasteiger partial charge in [-0.2, -0.15) is 0 Å². The Balaban J connectivity index is 2.15. The molecule has 0 saturated heterocycles. The summed E-state index contributed by atoms with van der Waals surface area (Å²) in [5, 5.41) is 5.06. The van der Waals surface area contributed by atoms with E-state index in [0.29, 0.717) is 16.8 Å². The fourth-order valence-corrected chi connectivity index (χ4v) is 2.87. The Labute approximate surface area is 125 Å². The smallest absolute Gasteiger partial charge is 0.238 e. The van der Waals surface area contributed by atoms with Crippen LogP contribution < -0.4 is 9.88 Å². The number of hydrogen-bond donors (Lipinski definition) is 1. The highest BCUT2D eigenvalue weighted by Gasteiger charge is 2.11. The van der Waals surface area contributed by atoms with Crippen LogP contribution in [0, 0.1) is 0 Å². The van der Waals surface area contributed by atoms with Gasteiger partial charge in [0.25, 0.3) is 0 Å². The lowest BCUT2D eigenvalue weighted by Gasteiger charge is -2.10. The summed E-state index contributed by atoms with van der Waals surface area (Å²) in [4.78, 5) is 4.23. The van der Waals surface area contributed by atoms with Gasteiger partial charge in [0.05, 0.1) is 9.37 Å². The number of imidazole rings is 1. The number of sulfonamides is 1. The number of rotatable bonds is 5. The highest BCUT2D eigenvalue weighted by molar-refractivity contribution is 9.10. The number of halogens is 1. The van der Waals surface area contributed by atoms with Gasteiger partial charge >= 0.3 is 0 Å². The topological polar surface area (TPSA) is 87.2 Å². The summed E-state index contributed by atoms with van der Waals surface area (Å²) in [7, 11) is -3.71. The van der Waals surface area contributed by atoms with Gasteiger partial charge in [0.1, 0.15) is 18.2 Å². The molecular formula is C12H14BrN3O3S. The van der Waals surface area contributed by atoms with E-state index in [1.54, 1.807) is 12.3 Å². The Hall–Kier alpha value is -1.38. The van der Waals surface area contributed by atoms with Crippen LogP contribution in [0.4, 0.5) is 0 Å². The molecule has 1 heterocycles.